The molecule has 4 N–H and O–H groups in total. The summed E-state index contributed by atoms with van der Waals surface area (Å²) in [6.07, 6.45) is 1.79. The first-order chi connectivity index (χ1) is 6.74. The molecule has 0 saturated carbocycles. The van der Waals surface area contributed by atoms with Crippen molar-refractivity contribution in [3.63, 3.8) is 0 Å². The molecule has 0 amide bonds. The number of H-pyrrole nitrogens is 1. The minimum Gasteiger partial charge on any atom is -0.394 e. The van der Waals surface area contributed by atoms with Crippen molar-refractivity contribution >= 4 is 22.5 Å². The molecule has 2 aromatic rings. The number of aromatic amines is 1. The molecule has 1 heterocycles. The van der Waals surface area contributed by atoms with Gasteiger partial charge < -0.3 is 15.8 Å². The molecule has 74 valence electrons. The molecule has 0 aliphatic heterocycles. The van der Waals surface area contributed by atoms with Crippen LogP contribution in [0.2, 0.25) is 5.02 Å². The van der Waals surface area contributed by atoms with E-state index in [2.05, 4.69) is 4.98 Å². The molecule has 1 aromatic heterocycles. The monoisotopic (exact) mass is 210 g/mol. The van der Waals surface area contributed by atoms with Crippen molar-refractivity contribution < 1.29 is 5.11 Å². The van der Waals surface area contributed by atoms with Crippen LogP contribution in [0.15, 0.2) is 24.4 Å². The molecular formula is C10H11ClN2O. The van der Waals surface area contributed by atoms with E-state index in [0.29, 0.717) is 5.02 Å². The smallest absolute Gasteiger partial charge is 0.0647 e. The lowest BCUT2D eigenvalue weighted by Crippen LogP contribution is -2.13. The molecule has 4 heteroatoms. The van der Waals surface area contributed by atoms with Crippen LogP contribution in [0.1, 0.15) is 11.6 Å². The van der Waals surface area contributed by atoms with Gasteiger partial charge in [-0.05, 0) is 11.6 Å². The van der Waals surface area contributed by atoms with Crippen molar-refractivity contribution in [1.82, 2.24) is 4.98 Å². The van der Waals surface area contributed by atoms with Gasteiger partial charge in [0.1, 0.15) is 0 Å². The van der Waals surface area contributed by atoms with Crippen molar-refractivity contribution in [2.45, 2.75) is 6.04 Å². The number of rotatable bonds is 2. The average Bonchev–Trinajstić information content (AvgIpc) is 2.62. The number of hydrogen-bond acceptors (Lipinski definition) is 2. The molecule has 2 rings (SSSR count). The van der Waals surface area contributed by atoms with E-state index in [0.717, 1.165) is 16.5 Å². The minimum atomic E-state index is -0.359. The van der Waals surface area contributed by atoms with Gasteiger partial charge in [0.05, 0.1) is 23.2 Å². The summed E-state index contributed by atoms with van der Waals surface area (Å²) in [7, 11) is 0. The number of aromatic nitrogens is 1. The van der Waals surface area contributed by atoms with Gasteiger partial charge in [0.25, 0.3) is 0 Å². The summed E-state index contributed by atoms with van der Waals surface area (Å²) in [6, 6.07) is 5.26. The quantitative estimate of drug-likeness (QED) is 0.708. The van der Waals surface area contributed by atoms with Crippen molar-refractivity contribution in [3.05, 3.63) is 35.0 Å². The maximum Gasteiger partial charge on any atom is 0.0647 e. The lowest BCUT2D eigenvalue weighted by molar-refractivity contribution is 0.268. The zero-order valence-electron chi connectivity index (χ0n) is 7.50. The van der Waals surface area contributed by atoms with Crippen LogP contribution in [0.5, 0.6) is 0 Å². The molecular weight excluding hydrogens is 200 g/mol. The Labute approximate surface area is 86.5 Å². The number of aliphatic hydroxyl groups excluding tert-OH is 1. The third kappa shape index (κ3) is 1.39. The Morgan fingerprint density at radius 3 is 3.00 bits per heavy atom. The number of halogens is 1. The lowest BCUT2D eigenvalue weighted by Gasteiger charge is -2.05. The van der Waals surface area contributed by atoms with E-state index in [1.54, 1.807) is 6.20 Å². The van der Waals surface area contributed by atoms with Gasteiger partial charge in [-0.25, -0.2) is 0 Å². The first kappa shape index (κ1) is 9.52. The fraction of sp³-hybridized carbons (Fsp3) is 0.200. The number of fused-ring (bicyclic) bond motifs is 1. The molecule has 0 aliphatic rings. The predicted molar refractivity (Wildman–Crippen MR) is 57.3 cm³/mol. The van der Waals surface area contributed by atoms with Gasteiger partial charge in [-0.2, -0.15) is 0 Å². The van der Waals surface area contributed by atoms with Crippen molar-refractivity contribution in [1.29, 1.82) is 0 Å². The average molecular weight is 211 g/mol. The highest BCUT2D eigenvalue weighted by molar-refractivity contribution is 6.35. The van der Waals surface area contributed by atoms with Crippen LogP contribution in [0.3, 0.4) is 0 Å². The summed E-state index contributed by atoms with van der Waals surface area (Å²) in [5.41, 5.74) is 7.50. The van der Waals surface area contributed by atoms with E-state index in [4.69, 9.17) is 22.4 Å². The summed E-state index contributed by atoms with van der Waals surface area (Å²) < 4.78 is 0. The van der Waals surface area contributed by atoms with Crippen LogP contribution in [0.25, 0.3) is 10.9 Å². The largest absolute Gasteiger partial charge is 0.394 e. The zero-order valence-corrected chi connectivity index (χ0v) is 8.25. The van der Waals surface area contributed by atoms with Gasteiger partial charge in [-0.1, -0.05) is 23.7 Å². The first-order valence-electron chi connectivity index (χ1n) is 4.36. The highest BCUT2D eigenvalue weighted by Gasteiger charge is 2.11. The fourth-order valence-corrected chi connectivity index (χ4v) is 1.77. The molecule has 1 unspecified atom stereocenters. The molecule has 0 radical (unpaired) electrons. The first-order valence-corrected chi connectivity index (χ1v) is 4.73. The number of nitrogens with two attached hydrogens (primary N) is 1. The van der Waals surface area contributed by atoms with E-state index in [-0.39, 0.29) is 12.6 Å². The molecule has 1 aromatic carbocycles. The summed E-state index contributed by atoms with van der Waals surface area (Å²) in [6.45, 7) is -0.0700. The van der Waals surface area contributed by atoms with Gasteiger partial charge in [0, 0.05) is 11.6 Å². The van der Waals surface area contributed by atoms with Crippen molar-refractivity contribution in [2.24, 2.45) is 5.73 Å². The Bertz CT molecular complexity index is 452. The Kier molecular flexibility index (Phi) is 2.46. The second-order valence-corrected chi connectivity index (χ2v) is 3.60. The van der Waals surface area contributed by atoms with Gasteiger partial charge >= 0.3 is 0 Å². The third-order valence-electron chi connectivity index (χ3n) is 2.29. The summed E-state index contributed by atoms with van der Waals surface area (Å²) in [4.78, 5) is 3.05. The second-order valence-electron chi connectivity index (χ2n) is 3.20. The molecule has 0 fully saturated rings. The predicted octanol–water partition coefficient (Wildman–Crippen LogP) is 1.81. The third-order valence-corrected chi connectivity index (χ3v) is 2.61. The fourth-order valence-electron chi connectivity index (χ4n) is 1.54. The number of aliphatic hydroxyl groups is 1. The maximum absolute atomic E-state index is 8.96. The van der Waals surface area contributed by atoms with Gasteiger partial charge in [0.15, 0.2) is 0 Å². The molecule has 1 atom stereocenters. The van der Waals surface area contributed by atoms with Crippen molar-refractivity contribution in [3.8, 4) is 0 Å². The van der Waals surface area contributed by atoms with E-state index in [1.807, 2.05) is 18.2 Å². The number of benzene rings is 1. The van der Waals surface area contributed by atoms with Crippen LogP contribution >= 0.6 is 11.6 Å². The topological polar surface area (TPSA) is 62.0 Å². The summed E-state index contributed by atoms with van der Waals surface area (Å²) in [5, 5.41) is 10.6. The molecule has 0 spiro atoms. The highest BCUT2D eigenvalue weighted by Crippen LogP contribution is 2.27. The summed E-state index contributed by atoms with van der Waals surface area (Å²) in [5.74, 6) is 0. The molecule has 0 saturated heterocycles. The number of para-hydroxylation sites is 1. The molecule has 3 nitrogen and oxygen atoms in total. The van der Waals surface area contributed by atoms with E-state index in [1.165, 1.54) is 0 Å². The second kappa shape index (κ2) is 3.61. The van der Waals surface area contributed by atoms with Crippen LogP contribution in [0, 0.1) is 0 Å². The lowest BCUT2D eigenvalue weighted by atomic mass is 10.1. The Balaban J connectivity index is 2.63. The standard InChI is InChI=1S/C10H11ClN2O/c11-8-3-1-2-6-7(9(12)5-14)4-13-10(6)8/h1-4,9,13-14H,5,12H2. The summed E-state index contributed by atoms with van der Waals surface area (Å²) >= 11 is 5.98. The molecule has 0 aliphatic carbocycles. The van der Waals surface area contributed by atoms with Gasteiger partial charge in [-0.15, -0.1) is 0 Å². The normalized spacial score (nSPS) is 13.4. The van der Waals surface area contributed by atoms with Crippen LogP contribution < -0.4 is 5.73 Å². The van der Waals surface area contributed by atoms with Crippen LogP contribution in [0.4, 0.5) is 0 Å². The Morgan fingerprint density at radius 2 is 2.29 bits per heavy atom. The molecule has 14 heavy (non-hydrogen) atoms. The Morgan fingerprint density at radius 1 is 1.50 bits per heavy atom. The van der Waals surface area contributed by atoms with Crippen LogP contribution in [-0.2, 0) is 0 Å². The Hall–Kier alpha value is -1.03. The van der Waals surface area contributed by atoms with E-state index in [9.17, 15) is 0 Å². The van der Waals surface area contributed by atoms with Gasteiger partial charge in [0.2, 0.25) is 0 Å². The van der Waals surface area contributed by atoms with E-state index >= 15 is 0 Å². The highest BCUT2D eigenvalue weighted by atomic mass is 35.5. The minimum absolute atomic E-state index is 0.0700. The number of nitrogens with one attached hydrogen (secondary N) is 1. The molecule has 0 bridgehead atoms. The number of hydrogen-bond donors (Lipinski definition) is 3. The van der Waals surface area contributed by atoms with Crippen molar-refractivity contribution in [2.75, 3.05) is 6.61 Å². The van der Waals surface area contributed by atoms with Crippen LogP contribution in [-0.4, -0.2) is 16.7 Å². The maximum atomic E-state index is 8.96. The zero-order chi connectivity index (χ0) is 10.1. The van der Waals surface area contributed by atoms with Gasteiger partial charge in [-0.3, -0.25) is 0 Å². The van der Waals surface area contributed by atoms with E-state index < -0.39 is 0 Å². The SMILES string of the molecule is NC(CO)c1c[nH]c2c(Cl)cccc12.